The summed E-state index contributed by atoms with van der Waals surface area (Å²) in [6.45, 7) is 0. The Morgan fingerprint density at radius 3 is 2.27 bits per heavy atom. The van der Waals surface area contributed by atoms with Crippen LogP contribution >= 0.6 is 0 Å². The number of hydrogen-bond donors (Lipinski definition) is 1. The Bertz CT molecular complexity index is 581. The molecule has 0 aromatic carbocycles. The average molecular weight is 324 g/mol. The predicted molar refractivity (Wildman–Crippen MR) is 84.0 cm³/mol. The zero-order valence-electron chi connectivity index (χ0n) is 12.8. The van der Waals surface area contributed by atoms with Crippen LogP contribution in [0.3, 0.4) is 0 Å². The van der Waals surface area contributed by atoms with Gasteiger partial charge in [0.15, 0.2) is 9.84 Å². The maximum atomic E-state index is 12.0. The van der Waals surface area contributed by atoms with Crippen molar-refractivity contribution in [2.24, 2.45) is 34.7 Å². The topological polar surface area (TPSA) is 75.6 Å². The maximum absolute atomic E-state index is 12.0. The lowest BCUT2D eigenvalue weighted by molar-refractivity contribution is -0.121. The summed E-state index contributed by atoms with van der Waals surface area (Å²) in [5.41, 5.74) is 3.94. The fraction of sp³-hybridized carbons (Fsp3) is 0.875. The van der Waals surface area contributed by atoms with Crippen molar-refractivity contribution in [3.63, 3.8) is 0 Å². The monoisotopic (exact) mass is 324 g/mol. The first-order valence-corrected chi connectivity index (χ1v) is 10.4. The predicted octanol–water partition coefficient (Wildman–Crippen LogP) is 1.74. The van der Waals surface area contributed by atoms with Crippen LogP contribution < -0.4 is 5.43 Å². The van der Waals surface area contributed by atoms with E-state index in [-0.39, 0.29) is 29.8 Å². The standard InChI is InChI=1S/C16H24N2O3S/c19-15(8-10-1-2-22(20,21)9-10)17-18-16-13-4-11-3-12(6-13)7-14(16)5-11/h10-14H,1-9H2,(H,17,19)/t10-,11?,12?,13?,14?/m1/s1. The van der Waals surface area contributed by atoms with E-state index in [1.165, 1.54) is 37.8 Å². The molecule has 1 heterocycles. The van der Waals surface area contributed by atoms with E-state index in [0.717, 1.165) is 11.8 Å². The lowest BCUT2D eigenvalue weighted by Gasteiger charge is -2.50. The van der Waals surface area contributed by atoms with E-state index < -0.39 is 9.84 Å². The summed E-state index contributed by atoms with van der Waals surface area (Å²) in [5, 5.41) is 4.47. The van der Waals surface area contributed by atoms with Crippen LogP contribution in [0.1, 0.15) is 44.9 Å². The molecule has 4 saturated carbocycles. The molecule has 0 radical (unpaired) electrons. The minimum Gasteiger partial charge on any atom is -0.273 e. The largest absolute Gasteiger partial charge is 0.273 e. The van der Waals surface area contributed by atoms with Gasteiger partial charge in [-0.3, -0.25) is 4.79 Å². The highest BCUT2D eigenvalue weighted by Gasteiger charge is 2.46. The quantitative estimate of drug-likeness (QED) is 0.804. The molecule has 4 bridgehead atoms. The summed E-state index contributed by atoms with van der Waals surface area (Å²) in [5.74, 6) is 3.19. The maximum Gasteiger partial charge on any atom is 0.240 e. The summed E-state index contributed by atoms with van der Waals surface area (Å²) in [6.07, 6.45) is 7.32. The zero-order chi connectivity index (χ0) is 15.3. The lowest BCUT2D eigenvalue weighted by Crippen LogP contribution is -2.46. The zero-order valence-corrected chi connectivity index (χ0v) is 13.6. The van der Waals surface area contributed by atoms with Gasteiger partial charge in [-0.2, -0.15) is 5.10 Å². The molecule has 1 atom stereocenters. The summed E-state index contributed by atoms with van der Waals surface area (Å²) in [4.78, 5) is 12.0. The van der Waals surface area contributed by atoms with Gasteiger partial charge in [0.2, 0.25) is 5.91 Å². The van der Waals surface area contributed by atoms with E-state index in [4.69, 9.17) is 0 Å². The number of sulfone groups is 1. The van der Waals surface area contributed by atoms with Crippen LogP contribution in [0.5, 0.6) is 0 Å². The summed E-state index contributed by atoms with van der Waals surface area (Å²) in [7, 11) is -2.91. The van der Waals surface area contributed by atoms with Gasteiger partial charge in [0, 0.05) is 12.1 Å². The van der Waals surface area contributed by atoms with Gasteiger partial charge in [0.1, 0.15) is 0 Å². The Labute approximate surface area is 131 Å². The molecule has 122 valence electrons. The molecule has 1 amide bonds. The minimum absolute atomic E-state index is 0.0244. The number of nitrogens with one attached hydrogen (secondary N) is 1. The van der Waals surface area contributed by atoms with Gasteiger partial charge in [-0.15, -0.1) is 0 Å². The Balaban J connectivity index is 1.35. The smallest absolute Gasteiger partial charge is 0.240 e. The van der Waals surface area contributed by atoms with Crippen molar-refractivity contribution in [2.45, 2.75) is 44.9 Å². The van der Waals surface area contributed by atoms with Crippen molar-refractivity contribution in [1.82, 2.24) is 5.43 Å². The Morgan fingerprint density at radius 2 is 1.73 bits per heavy atom. The van der Waals surface area contributed by atoms with Gasteiger partial charge in [-0.25, -0.2) is 13.8 Å². The van der Waals surface area contributed by atoms with Crippen molar-refractivity contribution in [3.8, 4) is 0 Å². The first kappa shape index (κ1) is 14.7. The molecule has 5 fully saturated rings. The second kappa shape index (κ2) is 5.32. The number of amides is 1. The number of nitrogens with zero attached hydrogens (tertiary/aromatic N) is 1. The van der Waals surface area contributed by atoms with Gasteiger partial charge in [-0.1, -0.05) is 0 Å². The van der Waals surface area contributed by atoms with Crippen molar-refractivity contribution in [3.05, 3.63) is 0 Å². The SMILES string of the molecule is O=C(C[C@H]1CCS(=O)(=O)C1)NN=C1C2CC3CC(C2)CC1C3. The third kappa shape index (κ3) is 2.82. The molecule has 1 saturated heterocycles. The fourth-order valence-corrected chi connectivity index (χ4v) is 7.18. The number of rotatable bonds is 3. The van der Waals surface area contributed by atoms with Gasteiger partial charge < -0.3 is 0 Å². The molecule has 0 aromatic heterocycles. The molecule has 22 heavy (non-hydrogen) atoms. The summed E-state index contributed by atoms with van der Waals surface area (Å²) < 4.78 is 22.9. The minimum atomic E-state index is -2.91. The van der Waals surface area contributed by atoms with E-state index in [1.54, 1.807) is 0 Å². The number of carbonyl (C=O) groups excluding carboxylic acids is 1. The molecule has 5 aliphatic rings. The van der Waals surface area contributed by atoms with Gasteiger partial charge in [0.25, 0.3) is 0 Å². The van der Waals surface area contributed by atoms with Crippen LogP contribution in [-0.2, 0) is 14.6 Å². The van der Waals surface area contributed by atoms with E-state index >= 15 is 0 Å². The van der Waals surface area contributed by atoms with Crippen molar-refractivity contribution in [2.75, 3.05) is 11.5 Å². The molecule has 1 N–H and O–H groups in total. The molecule has 4 aliphatic carbocycles. The molecule has 0 unspecified atom stereocenters. The molecule has 0 aromatic rings. The van der Waals surface area contributed by atoms with Crippen molar-refractivity contribution >= 4 is 21.5 Å². The van der Waals surface area contributed by atoms with Crippen LogP contribution in [0, 0.1) is 29.6 Å². The third-order valence-electron chi connectivity index (χ3n) is 6.09. The molecule has 5 rings (SSSR count). The normalized spacial score (nSPS) is 41.6. The second-order valence-electron chi connectivity index (χ2n) is 7.85. The van der Waals surface area contributed by atoms with Crippen molar-refractivity contribution in [1.29, 1.82) is 0 Å². The fourth-order valence-electron chi connectivity index (χ4n) is 5.32. The summed E-state index contributed by atoms with van der Waals surface area (Å²) in [6, 6.07) is 0. The summed E-state index contributed by atoms with van der Waals surface area (Å²) >= 11 is 0. The van der Waals surface area contributed by atoms with Crippen LogP contribution in [0.2, 0.25) is 0 Å². The van der Waals surface area contributed by atoms with Crippen LogP contribution in [0.25, 0.3) is 0 Å². The second-order valence-corrected chi connectivity index (χ2v) is 10.1. The third-order valence-corrected chi connectivity index (χ3v) is 7.92. The average Bonchev–Trinajstić information content (AvgIpc) is 2.76. The highest BCUT2D eigenvalue weighted by atomic mass is 32.2. The molecule has 1 aliphatic heterocycles. The first-order chi connectivity index (χ1) is 10.5. The van der Waals surface area contributed by atoms with Gasteiger partial charge in [-0.05, 0) is 68.1 Å². The molecule has 5 nitrogen and oxygen atoms in total. The van der Waals surface area contributed by atoms with E-state index in [1.807, 2.05) is 0 Å². The molecular formula is C16H24N2O3S. The number of hydrazone groups is 1. The van der Waals surface area contributed by atoms with E-state index in [0.29, 0.717) is 18.3 Å². The number of carbonyl (C=O) groups is 1. The number of hydrogen-bond acceptors (Lipinski definition) is 4. The van der Waals surface area contributed by atoms with Crippen LogP contribution in [-0.4, -0.2) is 31.5 Å². The molecule has 0 spiro atoms. The van der Waals surface area contributed by atoms with Crippen molar-refractivity contribution < 1.29 is 13.2 Å². The van der Waals surface area contributed by atoms with E-state index in [2.05, 4.69) is 10.5 Å². The van der Waals surface area contributed by atoms with Gasteiger partial charge in [0.05, 0.1) is 11.5 Å². The molecular weight excluding hydrogens is 300 g/mol. The van der Waals surface area contributed by atoms with Gasteiger partial charge >= 0.3 is 0 Å². The Morgan fingerprint density at radius 1 is 1.09 bits per heavy atom. The molecule has 6 heteroatoms. The first-order valence-electron chi connectivity index (χ1n) is 8.55. The Kier molecular flexibility index (Phi) is 3.55. The highest BCUT2D eigenvalue weighted by molar-refractivity contribution is 7.91. The Hall–Kier alpha value is -0.910. The van der Waals surface area contributed by atoms with E-state index in [9.17, 15) is 13.2 Å². The lowest BCUT2D eigenvalue weighted by atomic mass is 9.55. The van der Waals surface area contributed by atoms with Crippen LogP contribution in [0.15, 0.2) is 5.10 Å². The highest BCUT2D eigenvalue weighted by Crippen LogP contribution is 2.52. The van der Waals surface area contributed by atoms with Crippen LogP contribution in [0.4, 0.5) is 0 Å².